The fourth-order valence-corrected chi connectivity index (χ4v) is 6.54. The van der Waals surface area contributed by atoms with Crippen LogP contribution in [0, 0.1) is 36.5 Å². The van der Waals surface area contributed by atoms with Crippen LogP contribution in [0.1, 0.15) is 82.3 Å². The second kappa shape index (κ2) is 11.5. The van der Waals surface area contributed by atoms with Crippen LogP contribution in [0.5, 0.6) is 0 Å². The number of aryl methyl sites for hydroxylation is 1. The summed E-state index contributed by atoms with van der Waals surface area (Å²) in [4.78, 5) is 31.0. The molecule has 3 aliphatic rings. The number of Topliss-reactive ketones (excluding diaryl/α,β-unsaturated/α-hetero) is 1. The van der Waals surface area contributed by atoms with Crippen LogP contribution in [-0.4, -0.2) is 57.0 Å². The minimum Gasteiger partial charge on any atom is -0.455 e. The number of nitrogens with zero attached hydrogens (tertiary/aromatic N) is 1. The largest absolute Gasteiger partial charge is 0.455 e. The SMILES string of the molecule is C#CCC1C(=O)C2(CCC2)C(O)CC(=O)OC(/C(F)=C/c2csc(C)n2)CC2OC2(C)CCCC(C)C1O. The number of rotatable bonds is 3. The van der Waals surface area contributed by atoms with Gasteiger partial charge >= 0.3 is 5.97 Å². The predicted molar refractivity (Wildman–Crippen MR) is 142 cm³/mol. The summed E-state index contributed by atoms with van der Waals surface area (Å²) in [6, 6.07) is 0. The van der Waals surface area contributed by atoms with Crippen molar-refractivity contribution in [2.45, 2.75) is 109 Å². The van der Waals surface area contributed by atoms with Crippen molar-refractivity contribution in [2.75, 3.05) is 0 Å². The van der Waals surface area contributed by atoms with Crippen molar-refractivity contribution in [3.63, 3.8) is 0 Å². The number of ketones is 1. The fourth-order valence-electron chi connectivity index (χ4n) is 5.97. The first-order valence-electron chi connectivity index (χ1n) is 13.5. The highest BCUT2D eigenvalue weighted by Crippen LogP contribution is 2.49. The van der Waals surface area contributed by atoms with Gasteiger partial charge in [-0.2, -0.15) is 0 Å². The summed E-state index contributed by atoms with van der Waals surface area (Å²) in [6.07, 6.45) is 6.39. The quantitative estimate of drug-likeness (QED) is 0.325. The third-order valence-electron chi connectivity index (χ3n) is 8.70. The lowest BCUT2D eigenvalue weighted by atomic mass is 9.58. The number of carbonyl (C=O) groups excluding carboxylic acids is 2. The number of hydrogen-bond acceptors (Lipinski definition) is 8. The van der Waals surface area contributed by atoms with Crippen LogP contribution in [-0.2, 0) is 19.1 Å². The van der Waals surface area contributed by atoms with Crippen LogP contribution in [0.2, 0.25) is 0 Å². The molecule has 7 nitrogen and oxygen atoms in total. The van der Waals surface area contributed by atoms with Gasteiger partial charge in [-0.15, -0.1) is 23.7 Å². The highest BCUT2D eigenvalue weighted by Gasteiger charge is 2.55. The normalized spacial score (nSPS) is 36.6. The molecule has 1 saturated carbocycles. The zero-order chi connectivity index (χ0) is 27.7. The van der Waals surface area contributed by atoms with Gasteiger partial charge in [-0.25, -0.2) is 9.37 Å². The Hall–Kier alpha value is -2.12. The number of aromatic nitrogens is 1. The number of halogens is 1. The summed E-state index contributed by atoms with van der Waals surface area (Å²) < 4.78 is 26.9. The Morgan fingerprint density at radius 1 is 1.32 bits per heavy atom. The predicted octanol–water partition coefficient (Wildman–Crippen LogP) is 4.53. The van der Waals surface area contributed by atoms with E-state index in [1.807, 2.05) is 20.8 Å². The molecule has 208 valence electrons. The number of aliphatic hydroxyl groups excluding tert-OH is 2. The molecule has 7 atom stereocenters. The highest BCUT2D eigenvalue weighted by atomic mass is 32.1. The molecule has 1 aromatic heterocycles. The fraction of sp³-hybridized carbons (Fsp3) is 0.690. The van der Waals surface area contributed by atoms with E-state index in [-0.39, 0.29) is 30.6 Å². The number of cyclic esters (lactones) is 1. The van der Waals surface area contributed by atoms with Gasteiger partial charge in [0, 0.05) is 18.2 Å². The molecule has 9 heteroatoms. The van der Waals surface area contributed by atoms with Crippen molar-refractivity contribution in [2.24, 2.45) is 17.3 Å². The first kappa shape index (κ1) is 28.9. The molecule has 2 N–H and O–H groups in total. The number of ether oxygens (including phenoxy) is 2. The van der Waals surface area contributed by atoms with Crippen LogP contribution in [0.25, 0.3) is 6.08 Å². The summed E-state index contributed by atoms with van der Waals surface area (Å²) in [7, 11) is 0. The van der Waals surface area contributed by atoms with Crippen LogP contribution >= 0.6 is 11.3 Å². The van der Waals surface area contributed by atoms with Crippen LogP contribution in [0.15, 0.2) is 11.2 Å². The Kier molecular flexibility index (Phi) is 8.78. The minimum absolute atomic E-state index is 0.0559. The number of terminal acetylenes is 1. The van der Waals surface area contributed by atoms with E-state index in [2.05, 4.69) is 10.9 Å². The molecule has 0 aromatic carbocycles. The first-order chi connectivity index (χ1) is 18.0. The van der Waals surface area contributed by atoms with Crippen molar-refractivity contribution in [3.05, 3.63) is 21.9 Å². The third kappa shape index (κ3) is 6.04. The number of epoxide rings is 1. The van der Waals surface area contributed by atoms with E-state index in [4.69, 9.17) is 15.9 Å². The van der Waals surface area contributed by atoms with E-state index in [9.17, 15) is 19.8 Å². The molecule has 7 unspecified atom stereocenters. The van der Waals surface area contributed by atoms with Gasteiger partial charge in [0.1, 0.15) is 11.6 Å². The summed E-state index contributed by atoms with van der Waals surface area (Å²) in [6.45, 7) is 5.67. The maximum absolute atomic E-state index is 15.4. The van der Waals surface area contributed by atoms with Crippen molar-refractivity contribution in [1.29, 1.82) is 0 Å². The molecule has 2 saturated heterocycles. The van der Waals surface area contributed by atoms with E-state index in [1.54, 1.807) is 5.38 Å². The molecule has 0 bridgehead atoms. The lowest BCUT2D eigenvalue weighted by molar-refractivity contribution is -0.162. The van der Waals surface area contributed by atoms with E-state index < -0.39 is 53.5 Å². The van der Waals surface area contributed by atoms with Gasteiger partial charge < -0.3 is 19.7 Å². The highest BCUT2D eigenvalue weighted by molar-refractivity contribution is 7.09. The topological polar surface area (TPSA) is 109 Å². The molecule has 3 heterocycles. The average molecular weight is 548 g/mol. The third-order valence-corrected chi connectivity index (χ3v) is 9.50. The molecule has 0 radical (unpaired) electrons. The Morgan fingerprint density at radius 3 is 2.66 bits per heavy atom. The van der Waals surface area contributed by atoms with Gasteiger partial charge in [-0.3, -0.25) is 9.59 Å². The van der Waals surface area contributed by atoms with E-state index in [1.165, 1.54) is 17.4 Å². The Morgan fingerprint density at radius 2 is 2.05 bits per heavy atom. The molecule has 1 aromatic rings. The van der Waals surface area contributed by atoms with E-state index >= 15 is 4.39 Å². The Balaban J connectivity index is 1.61. The monoisotopic (exact) mass is 547 g/mol. The summed E-state index contributed by atoms with van der Waals surface area (Å²) in [5, 5.41) is 24.8. The standard InChI is InChI=1S/C29H38FNO6S/c1-5-8-20-26(34)17(2)9-6-10-28(4)24(37-28)14-22(21(30)13-19-16-38-18(3)31-19)36-25(33)15-23(32)29(27(20)35)11-7-12-29/h1,13,16-17,20,22-24,26,32,34H,6-12,14-15H2,2-4H3/b21-13-. The molecule has 1 spiro atoms. The van der Waals surface area contributed by atoms with Gasteiger partial charge in [-0.1, -0.05) is 19.8 Å². The number of esters is 1. The molecule has 1 aliphatic carbocycles. The number of carbonyl (C=O) groups is 2. The second-order valence-electron chi connectivity index (χ2n) is 11.4. The van der Waals surface area contributed by atoms with Gasteiger partial charge in [0.2, 0.25) is 0 Å². The first-order valence-corrected chi connectivity index (χ1v) is 14.4. The minimum atomic E-state index is -1.32. The zero-order valence-corrected chi connectivity index (χ0v) is 23.1. The van der Waals surface area contributed by atoms with Crippen molar-refractivity contribution < 1.29 is 33.7 Å². The lowest BCUT2D eigenvalue weighted by Crippen LogP contribution is -2.53. The number of fused-ring (bicyclic) bond motifs is 1. The van der Waals surface area contributed by atoms with Crippen molar-refractivity contribution in [3.8, 4) is 12.3 Å². The summed E-state index contributed by atoms with van der Waals surface area (Å²) >= 11 is 1.39. The second-order valence-corrected chi connectivity index (χ2v) is 12.5. The number of hydrogen-bond donors (Lipinski definition) is 2. The van der Waals surface area contributed by atoms with Crippen LogP contribution in [0.3, 0.4) is 0 Å². The van der Waals surface area contributed by atoms with Gasteiger partial charge in [0.05, 0.1) is 52.4 Å². The van der Waals surface area contributed by atoms with Crippen LogP contribution in [0.4, 0.5) is 4.39 Å². The lowest BCUT2D eigenvalue weighted by Gasteiger charge is -2.46. The number of aliphatic hydroxyl groups is 2. The van der Waals surface area contributed by atoms with Crippen LogP contribution < -0.4 is 0 Å². The number of thiazole rings is 1. The molecule has 38 heavy (non-hydrogen) atoms. The maximum atomic E-state index is 15.4. The summed E-state index contributed by atoms with van der Waals surface area (Å²) in [5.41, 5.74) is -1.22. The Labute approximate surface area is 227 Å². The van der Waals surface area contributed by atoms with Gasteiger partial charge in [0.25, 0.3) is 0 Å². The van der Waals surface area contributed by atoms with Gasteiger partial charge in [0.15, 0.2) is 6.10 Å². The Bertz CT molecular complexity index is 1110. The van der Waals surface area contributed by atoms with Gasteiger partial charge in [-0.05, 0) is 51.5 Å². The molecule has 0 amide bonds. The van der Waals surface area contributed by atoms with Crippen molar-refractivity contribution in [1.82, 2.24) is 4.98 Å². The molecule has 3 fully saturated rings. The van der Waals surface area contributed by atoms with Crippen molar-refractivity contribution >= 4 is 29.2 Å². The summed E-state index contributed by atoms with van der Waals surface area (Å²) in [5.74, 6) is -0.245. The smallest absolute Gasteiger partial charge is 0.309 e. The molecule has 2 aliphatic heterocycles. The molecular formula is C29H38FNO6S. The molecular weight excluding hydrogens is 509 g/mol. The van der Waals surface area contributed by atoms with E-state index in [0.717, 1.165) is 17.8 Å². The molecule has 4 rings (SSSR count). The average Bonchev–Trinajstić information content (AvgIpc) is 3.26. The zero-order valence-electron chi connectivity index (χ0n) is 22.3. The maximum Gasteiger partial charge on any atom is 0.309 e. The van der Waals surface area contributed by atoms with E-state index in [0.29, 0.717) is 31.4 Å².